The molecule has 0 bridgehead atoms. The Kier molecular flexibility index (Phi) is 2.53. The molecule has 0 fully saturated rings. The number of aromatic nitrogens is 2. The Labute approximate surface area is 68.5 Å². The minimum atomic E-state index is -0.277. The molecule has 0 aromatic carbocycles. The molecule has 5 heteroatoms. The summed E-state index contributed by atoms with van der Waals surface area (Å²) in [5.74, 6) is -0.277. The number of carbonyl (C=O) groups is 1. The lowest BCUT2D eigenvalue weighted by molar-refractivity contribution is -0.139. The van der Waals surface area contributed by atoms with E-state index in [-0.39, 0.29) is 12.4 Å². The Morgan fingerprint density at radius 2 is 2.36 bits per heavy atom. The van der Waals surface area contributed by atoms with Gasteiger partial charge in [0.05, 0.1) is 36.6 Å². The van der Waals surface area contributed by atoms with Crippen LogP contribution >= 0.6 is 11.7 Å². The SMILES string of the molecule is COC(=O)Cc1nsnc1C. The summed E-state index contributed by atoms with van der Waals surface area (Å²) in [5, 5.41) is 0. The van der Waals surface area contributed by atoms with Gasteiger partial charge >= 0.3 is 5.97 Å². The summed E-state index contributed by atoms with van der Waals surface area (Å²) in [6.45, 7) is 1.82. The van der Waals surface area contributed by atoms with Crippen LogP contribution < -0.4 is 0 Å². The number of hydrogen-bond acceptors (Lipinski definition) is 5. The highest BCUT2D eigenvalue weighted by molar-refractivity contribution is 6.99. The van der Waals surface area contributed by atoms with E-state index in [4.69, 9.17) is 0 Å². The summed E-state index contributed by atoms with van der Waals surface area (Å²) in [6, 6.07) is 0. The van der Waals surface area contributed by atoms with E-state index in [1.54, 1.807) is 0 Å². The van der Waals surface area contributed by atoms with E-state index < -0.39 is 0 Å². The number of methoxy groups -OCH3 is 1. The van der Waals surface area contributed by atoms with E-state index in [9.17, 15) is 4.79 Å². The summed E-state index contributed by atoms with van der Waals surface area (Å²) in [4.78, 5) is 10.7. The molecule has 0 N–H and O–H groups in total. The average Bonchev–Trinajstić information content (AvgIpc) is 2.37. The fourth-order valence-corrected chi connectivity index (χ4v) is 1.18. The van der Waals surface area contributed by atoms with Gasteiger partial charge in [0.2, 0.25) is 0 Å². The van der Waals surface area contributed by atoms with Crippen molar-refractivity contribution in [2.75, 3.05) is 7.11 Å². The van der Waals surface area contributed by atoms with Crippen LogP contribution in [0.3, 0.4) is 0 Å². The van der Waals surface area contributed by atoms with Crippen molar-refractivity contribution < 1.29 is 9.53 Å². The van der Waals surface area contributed by atoms with Crippen molar-refractivity contribution in [2.24, 2.45) is 0 Å². The molecule has 0 saturated carbocycles. The van der Waals surface area contributed by atoms with Gasteiger partial charge in [-0.15, -0.1) is 0 Å². The maximum atomic E-state index is 10.7. The number of hydrogen-bond donors (Lipinski definition) is 0. The Hall–Kier alpha value is -0.970. The average molecular weight is 172 g/mol. The standard InChI is InChI=1S/C6H8N2O2S/c1-4-5(8-11-7-4)3-6(9)10-2/h3H2,1-2H3. The van der Waals surface area contributed by atoms with Gasteiger partial charge in [-0.1, -0.05) is 0 Å². The van der Waals surface area contributed by atoms with Crippen LogP contribution in [0.15, 0.2) is 0 Å². The van der Waals surface area contributed by atoms with Crippen molar-refractivity contribution >= 4 is 17.7 Å². The lowest BCUT2D eigenvalue weighted by Crippen LogP contribution is -2.05. The van der Waals surface area contributed by atoms with Crippen molar-refractivity contribution in [1.29, 1.82) is 0 Å². The summed E-state index contributed by atoms with van der Waals surface area (Å²) in [5.41, 5.74) is 1.52. The molecule has 0 atom stereocenters. The second-order valence-corrected chi connectivity index (χ2v) is 2.58. The molecule has 60 valence electrons. The molecule has 1 rings (SSSR count). The molecule has 0 spiro atoms. The molecule has 0 radical (unpaired) electrons. The molecule has 1 heterocycles. The minimum Gasteiger partial charge on any atom is -0.469 e. The second-order valence-electron chi connectivity index (χ2n) is 2.05. The van der Waals surface area contributed by atoms with Gasteiger partial charge in [0.15, 0.2) is 0 Å². The van der Waals surface area contributed by atoms with Gasteiger partial charge in [-0.25, -0.2) is 0 Å². The molecule has 0 aliphatic heterocycles. The normalized spacial score (nSPS) is 9.64. The maximum absolute atomic E-state index is 10.7. The number of nitrogens with zero attached hydrogens (tertiary/aromatic N) is 2. The number of esters is 1. The summed E-state index contributed by atoms with van der Waals surface area (Å²) in [6.07, 6.45) is 0.221. The van der Waals surface area contributed by atoms with Crippen molar-refractivity contribution in [1.82, 2.24) is 8.75 Å². The van der Waals surface area contributed by atoms with Crippen molar-refractivity contribution in [3.05, 3.63) is 11.4 Å². The molecule has 4 nitrogen and oxygen atoms in total. The number of aryl methyl sites for hydroxylation is 1. The molecule has 1 aromatic rings. The van der Waals surface area contributed by atoms with Crippen LogP contribution in [0.4, 0.5) is 0 Å². The van der Waals surface area contributed by atoms with E-state index in [1.807, 2.05) is 6.92 Å². The van der Waals surface area contributed by atoms with Crippen LogP contribution in [0.5, 0.6) is 0 Å². The lowest BCUT2D eigenvalue weighted by atomic mass is 10.3. The van der Waals surface area contributed by atoms with E-state index >= 15 is 0 Å². The zero-order valence-electron chi connectivity index (χ0n) is 6.33. The highest BCUT2D eigenvalue weighted by Crippen LogP contribution is 2.04. The predicted octanol–water partition coefficient (Wildman–Crippen LogP) is 0.562. The van der Waals surface area contributed by atoms with Crippen molar-refractivity contribution in [3.63, 3.8) is 0 Å². The van der Waals surface area contributed by atoms with Gasteiger partial charge in [-0.3, -0.25) is 4.79 Å². The molecule has 1 aromatic heterocycles. The van der Waals surface area contributed by atoms with Crippen LogP contribution in [0.1, 0.15) is 11.4 Å². The monoisotopic (exact) mass is 172 g/mol. The van der Waals surface area contributed by atoms with Gasteiger partial charge in [0, 0.05) is 0 Å². The molecular formula is C6H8N2O2S. The highest BCUT2D eigenvalue weighted by Gasteiger charge is 2.08. The number of ether oxygens (including phenoxy) is 1. The summed E-state index contributed by atoms with van der Waals surface area (Å²) in [7, 11) is 1.36. The highest BCUT2D eigenvalue weighted by atomic mass is 32.1. The molecule has 0 unspecified atom stereocenters. The molecule has 0 aliphatic carbocycles. The first-order chi connectivity index (χ1) is 5.24. The predicted molar refractivity (Wildman–Crippen MR) is 40.4 cm³/mol. The van der Waals surface area contributed by atoms with E-state index in [2.05, 4.69) is 13.5 Å². The first-order valence-electron chi connectivity index (χ1n) is 3.09. The third kappa shape index (κ3) is 1.98. The fraction of sp³-hybridized carbons (Fsp3) is 0.500. The zero-order chi connectivity index (χ0) is 8.27. The summed E-state index contributed by atoms with van der Waals surface area (Å²) >= 11 is 1.11. The van der Waals surface area contributed by atoms with E-state index in [0.29, 0.717) is 5.69 Å². The molecular weight excluding hydrogens is 164 g/mol. The van der Waals surface area contributed by atoms with E-state index in [0.717, 1.165) is 17.4 Å². The molecule has 0 amide bonds. The third-order valence-electron chi connectivity index (χ3n) is 1.29. The quantitative estimate of drug-likeness (QED) is 0.612. The Morgan fingerprint density at radius 3 is 2.82 bits per heavy atom. The maximum Gasteiger partial charge on any atom is 0.311 e. The summed E-state index contributed by atoms with van der Waals surface area (Å²) < 4.78 is 12.3. The van der Waals surface area contributed by atoms with Gasteiger partial charge in [-0.2, -0.15) is 8.75 Å². The van der Waals surface area contributed by atoms with Crippen LogP contribution in [-0.2, 0) is 16.0 Å². The van der Waals surface area contributed by atoms with E-state index in [1.165, 1.54) is 7.11 Å². The van der Waals surface area contributed by atoms with Crippen LogP contribution in [0.2, 0.25) is 0 Å². The Balaban J connectivity index is 2.64. The van der Waals surface area contributed by atoms with Crippen molar-refractivity contribution in [2.45, 2.75) is 13.3 Å². The van der Waals surface area contributed by atoms with Gasteiger partial charge in [0.25, 0.3) is 0 Å². The Morgan fingerprint density at radius 1 is 1.64 bits per heavy atom. The Bertz CT molecular complexity index is 259. The smallest absolute Gasteiger partial charge is 0.311 e. The number of rotatable bonds is 2. The van der Waals surface area contributed by atoms with Gasteiger partial charge in [-0.05, 0) is 6.92 Å². The van der Waals surface area contributed by atoms with Gasteiger partial charge in [0.1, 0.15) is 0 Å². The minimum absolute atomic E-state index is 0.221. The van der Waals surface area contributed by atoms with Crippen LogP contribution in [0, 0.1) is 6.92 Å². The molecule has 0 aliphatic rings. The molecule has 11 heavy (non-hydrogen) atoms. The van der Waals surface area contributed by atoms with Crippen LogP contribution in [0.25, 0.3) is 0 Å². The fourth-order valence-electron chi connectivity index (χ4n) is 0.619. The first-order valence-corrected chi connectivity index (χ1v) is 3.82. The number of carbonyl (C=O) groups excluding carboxylic acids is 1. The van der Waals surface area contributed by atoms with Crippen LogP contribution in [-0.4, -0.2) is 21.8 Å². The topological polar surface area (TPSA) is 52.1 Å². The second kappa shape index (κ2) is 3.43. The van der Waals surface area contributed by atoms with Crippen molar-refractivity contribution in [3.8, 4) is 0 Å². The largest absolute Gasteiger partial charge is 0.469 e. The molecule has 0 saturated heterocycles. The first kappa shape index (κ1) is 8.13. The third-order valence-corrected chi connectivity index (χ3v) is 1.94. The van der Waals surface area contributed by atoms with Gasteiger partial charge < -0.3 is 4.74 Å². The zero-order valence-corrected chi connectivity index (χ0v) is 7.14. The lowest BCUT2D eigenvalue weighted by Gasteiger charge is -1.94.